The molecule has 0 saturated carbocycles. The molecule has 74 valence electrons. The van der Waals surface area contributed by atoms with Crippen molar-refractivity contribution >= 4 is 0 Å². The molecule has 13 heavy (non-hydrogen) atoms. The number of ether oxygens (including phenoxy) is 1. The van der Waals surface area contributed by atoms with E-state index in [0.29, 0.717) is 6.61 Å². The van der Waals surface area contributed by atoms with Crippen LogP contribution in [0.25, 0.3) is 0 Å². The van der Waals surface area contributed by atoms with Crippen molar-refractivity contribution in [1.82, 2.24) is 0 Å². The standard InChI is InChI=1S/C10H17NO2/c1-3-5-12-7-10(11)9-4-6-13-8(9)2/h4,6,10H,3,5,7,11H2,1-2H3. The van der Waals surface area contributed by atoms with Gasteiger partial charge >= 0.3 is 0 Å². The number of nitrogens with two attached hydrogens (primary N) is 1. The molecule has 1 aromatic rings. The van der Waals surface area contributed by atoms with Gasteiger partial charge in [-0.25, -0.2) is 0 Å². The zero-order chi connectivity index (χ0) is 9.68. The zero-order valence-corrected chi connectivity index (χ0v) is 8.25. The summed E-state index contributed by atoms with van der Waals surface area (Å²) in [6, 6.07) is 1.83. The number of aryl methyl sites for hydroxylation is 1. The van der Waals surface area contributed by atoms with Gasteiger partial charge in [-0.05, 0) is 19.4 Å². The number of hydrogen-bond donors (Lipinski definition) is 1. The van der Waals surface area contributed by atoms with E-state index in [2.05, 4.69) is 6.92 Å². The lowest BCUT2D eigenvalue weighted by Gasteiger charge is -2.10. The molecule has 0 aromatic carbocycles. The Morgan fingerprint density at radius 1 is 1.62 bits per heavy atom. The van der Waals surface area contributed by atoms with Gasteiger partial charge in [0.15, 0.2) is 0 Å². The average molecular weight is 183 g/mol. The maximum absolute atomic E-state index is 5.90. The van der Waals surface area contributed by atoms with Crippen molar-refractivity contribution in [2.24, 2.45) is 5.73 Å². The first-order valence-electron chi connectivity index (χ1n) is 4.63. The third kappa shape index (κ3) is 2.86. The molecular formula is C10H17NO2. The smallest absolute Gasteiger partial charge is 0.105 e. The summed E-state index contributed by atoms with van der Waals surface area (Å²) in [6.45, 7) is 5.32. The minimum atomic E-state index is -0.0645. The summed E-state index contributed by atoms with van der Waals surface area (Å²) in [6.07, 6.45) is 2.68. The van der Waals surface area contributed by atoms with Gasteiger partial charge in [0.2, 0.25) is 0 Å². The second-order valence-electron chi connectivity index (χ2n) is 3.11. The largest absolute Gasteiger partial charge is 0.469 e. The molecule has 0 bridgehead atoms. The predicted octanol–water partition coefficient (Wildman–Crippen LogP) is 2.01. The molecule has 0 saturated heterocycles. The Morgan fingerprint density at radius 2 is 2.38 bits per heavy atom. The second-order valence-corrected chi connectivity index (χ2v) is 3.11. The topological polar surface area (TPSA) is 48.4 Å². The van der Waals surface area contributed by atoms with Crippen molar-refractivity contribution in [3.63, 3.8) is 0 Å². The maximum Gasteiger partial charge on any atom is 0.105 e. The number of hydrogen-bond acceptors (Lipinski definition) is 3. The first-order valence-corrected chi connectivity index (χ1v) is 4.63. The minimum Gasteiger partial charge on any atom is -0.469 e. The van der Waals surface area contributed by atoms with Gasteiger partial charge in [-0.3, -0.25) is 0 Å². The fourth-order valence-electron chi connectivity index (χ4n) is 1.22. The molecule has 0 aliphatic carbocycles. The molecule has 1 unspecified atom stereocenters. The Labute approximate surface area is 78.9 Å². The molecule has 0 aliphatic rings. The summed E-state index contributed by atoms with van der Waals surface area (Å²) in [5.41, 5.74) is 6.93. The lowest BCUT2D eigenvalue weighted by Crippen LogP contribution is -2.17. The van der Waals surface area contributed by atoms with Crippen LogP contribution in [0.15, 0.2) is 16.7 Å². The zero-order valence-electron chi connectivity index (χ0n) is 8.25. The van der Waals surface area contributed by atoms with E-state index < -0.39 is 0 Å². The Balaban J connectivity index is 2.39. The number of furan rings is 1. The monoisotopic (exact) mass is 183 g/mol. The molecule has 1 rings (SSSR count). The first-order chi connectivity index (χ1) is 6.25. The van der Waals surface area contributed by atoms with Crippen molar-refractivity contribution in [2.45, 2.75) is 26.3 Å². The van der Waals surface area contributed by atoms with Crippen molar-refractivity contribution in [3.8, 4) is 0 Å². The van der Waals surface area contributed by atoms with Crippen LogP contribution in [0, 0.1) is 6.92 Å². The van der Waals surface area contributed by atoms with Crippen LogP contribution in [-0.2, 0) is 4.74 Å². The highest BCUT2D eigenvalue weighted by molar-refractivity contribution is 5.19. The molecular weight excluding hydrogens is 166 g/mol. The van der Waals surface area contributed by atoms with Crippen LogP contribution in [0.2, 0.25) is 0 Å². The average Bonchev–Trinajstić information content (AvgIpc) is 2.52. The van der Waals surface area contributed by atoms with Crippen LogP contribution in [0.5, 0.6) is 0 Å². The molecule has 0 aliphatic heterocycles. The molecule has 3 nitrogen and oxygen atoms in total. The van der Waals surface area contributed by atoms with Crippen LogP contribution in [0.4, 0.5) is 0 Å². The highest BCUT2D eigenvalue weighted by Gasteiger charge is 2.10. The van der Waals surface area contributed by atoms with E-state index in [4.69, 9.17) is 14.9 Å². The molecule has 2 N–H and O–H groups in total. The number of rotatable bonds is 5. The minimum absolute atomic E-state index is 0.0645. The summed E-state index contributed by atoms with van der Waals surface area (Å²) < 4.78 is 10.5. The molecule has 0 fully saturated rings. The molecule has 1 aromatic heterocycles. The van der Waals surface area contributed by atoms with Crippen LogP contribution >= 0.6 is 0 Å². The van der Waals surface area contributed by atoms with E-state index in [1.54, 1.807) is 6.26 Å². The molecule has 1 heterocycles. The Morgan fingerprint density at radius 3 is 2.92 bits per heavy atom. The van der Waals surface area contributed by atoms with Crippen LogP contribution in [0.3, 0.4) is 0 Å². The fraction of sp³-hybridized carbons (Fsp3) is 0.600. The van der Waals surface area contributed by atoms with E-state index >= 15 is 0 Å². The van der Waals surface area contributed by atoms with Gasteiger partial charge in [-0.15, -0.1) is 0 Å². The summed E-state index contributed by atoms with van der Waals surface area (Å²) >= 11 is 0. The van der Waals surface area contributed by atoms with E-state index in [-0.39, 0.29) is 6.04 Å². The third-order valence-corrected chi connectivity index (χ3v) is 1.94. The second kappa shape index (κ2) is 5.04. The fourth-order valence-corrected chi connectivity index (χ4v) is 1.22. The third-order valence-electron chi connectivity index (χ3n) is 1.94. The van der Waals surface area contributed by atoms with E-state index in [1.165, 1.54) is 0 Å². The molecule has 0 amide bonds. The van der Waals surface area contributed by atoms with Gasteiger partial charge in [0.1, 0.15) is 5.76 Å². The van der Waals surface area contributed by atoms with Gasteiger partial charge in [0.05, 0.1) is 18.9 Å². The van der Waals surface area contributed by atoms with Crippen LogP contribution in [-0.4, -0.2) is 13.2 Å². The summed E-state index contributed by atoms with van der Waals surface area (Å²) in [5, 5.41) is 0. The summed E-state index contributed by atoms with van der Waals surface area (Å²) in [7, 11) is 0. The van der Waals surface area contributed by atoms with Crippen LogP contribution < -0.4 is 5.73 Å². The maximum atomic E-state index is 5.90. The predicted molar refractivity (Wildman–Crippen MR) is 51.5 cm³/mol. The van der Waals surface area contributed by atoms with Crippen molar-refractivity contribution in [3.05, 3.63) is 23.7 Å². The van der Waals surface area contributed by atoms with Crippen molar-refractivity contribution < 1.29 is 9.15 Å². The van der Waals surface area contributed by atoms with Gasteiger partial charge in [0.25, 0.3) is 0 Å². The van der Waals surface area contributed by atoms with E-state index in [0.717, 1.165) is 24.4 Å². The summed E-state index contributed by atoms with van der Waals surface area (Å²) in [5.74, 6) is 0.882. The van der Waals surface area contributed by atoms with E-state index in [1.807, 2.05) is 13.0 Å². The first kappa shape index (κ1) is 10.3. The quantitative estimate of drug-likeness (QED) is 0.710. The van der Waals surface area contributed by atoms with Gasteiger partial charge in [-0.2, -0.15) is 0 Å². The lowest BCUT2D eigenvalue weighted by atomic mass is 10.1. The van der Waals surface area contributed by atoms with Crippen molar-refractivity contribution in [2.75, 3.05) is 13.2 Å². The van der Waals surface area contributed by atoms with Crippen LogP contribution in [0.1, 0.15) is 30.7 Å². The highest BCUT2D eigenvalue weighted by Crippen LogP contribution is 2.16. The molecule has 1 atom stereocenters. The van der Waals surface area contributed by atoms with Gasteiger partial charge < -0.3 is 14.9 Å². The SMILES string of the molecule is CCCOCC(N)c1ccoc1C. The normalized spacial score (nSPS) is 13.2. The van der Waals surface area contributed by atoms with Crippen molar-refractivity contribution in [1.29, 1.82) is 0 Å². The highest BCUT2D eigenvalue weighted by atomic mass is 16.5. The molecule has 0 spiro atoms. The van der Waals surface area contributed by atoms with E-state index in [9.17, 15) is 0 Å². The summed E-state index contributed by atoms with van der Waals surface area (Å²) in [4.78, 5) is 0. The molecule has 0 radical (unpaired) electrons. The Hall–Kier alpha value is -0.800. The molecule has 3 heteroatoms. The lowest BCUT2D eigenvalue weighted by molar-refractivity contribution is 0.121. The Bertz CT molecular complexity index is 245. The van der Waals surface area contributed by atoms with Gasteiger partial charge in [0, 0.05) is 12.2 Å². The Kier molecular flexibility index (Phi) is 3.99. The van der Waals surface area contributed by atoms with Gasteiger partial charge in [-0.1, -0.05) is 6.92 Å².